The van der Waals surface area contributed by atoms with Gasteiger partial charge in [-0.15, -0.1) is 0 Å². The van der Waals surface area contributed by atoms with Crippen LogP contribution in [0.25, 0.3) is 10.8 Å². The molecular formula is C60H90N2O13. The minimum Gasteiger partial charge on any atom is -0.494 e. The molecule has 4 aliphatic rings. The Kier molecular flexibility index (Phi) is 19.3. The number of nitrogens with zero attached hydrogens (tertiary/aromatic N) is 2. The quantitative estimate of drug-likeness (QED) is 0.0975. The second kappa shape index (κ2) is 24.5. The Morgan fingerprint density at radius 3 is 2.24 bits per heavy atom. The highest BCUT2D eigenvalue weighted by atomic mass is 16.7. The number of rotatable bonds is 15. The lowest BCUT2D eigenvalue weighted by atomic mass is 9.74. The number of methoxy groups -OCH3 is 2. The molecule has 3 aromatic carbocycles. The minimum atomic E-state index is -1.96. The molecule has 418 valence electrons. The maximum absolute atomic E-state index is 14.5. The molecule has 0 saturated carbocycles. The highest BCUT2D eigenvalue weighted by molar-refractivity contribution is 5.85. The average Bonchev–Trinajstić information content (AvgIpc) is 3.83. The first-order valence-electron chi connectivity index (χ1n) is 27.7. The Bertz CT molecular complexity index is 2380. The number of benzene rings is 3. The molecule has 18 atom stereocenters. The van der Waals surface area contributed by atoms with E-state index in [1.54, 1.807) is 48.7 Å². The van der Waals surface area contributed by atoms with Crippen LogP contribution in [0.2, 0.25) is 0 Å². The molecule has 4 aliphatic heterocycles. The molecule has 0 aromatic heterocycles. The standard InChI is InChI=1S/C60H90N2O13/c1-15-49-60(11,67)54(64)37(4)52(63)35(2)33-59(10,69-14)56(38(5)53(39(6)57(66)73-49)74-51-34-58(9,68-13)55(65)41(8)72-51)75-50-32-46(29-36(3)71-50)61(12)26-18-28-70-47-24-23-42-21-22-44(30-45(42)31-47)40(7)62-27-25-43-19-16-17-20-48(43)62/h16-17,19-24,30-31,35-41,46,49-51,53-56,64-65,67H,15,18,25-29,32-34H2,1-14H3/t35-,36-,37+,38+,39-,40-,41+,46+,49-,50+,51+,53+,54-,55+,56-,58-,59-,60-/m1/s1. The molecule has 0 aliphatic carbocycles. The van der Waals surface area contributed by atoms with E-state index in [1.165, 1.54) is 36.2 Å². The van der Waals surface area contributed by atoms with E-state index < -0.39 is 95.6 Å². The number of anilines is 1. The van der Waals surface area contributed by atoms with E-state index in [0.717, 1.165) is 43.5 Å². The Hall–Kier alpha value is -3.74. The molecule has 3 N–H and O–H groups in total. The Morgan fingerprint density at radius 2 is 1.53 bits per heavy atom. The fourth-order valence-corrected chi connectivity index (χ4v) is 12.7. The summed E-state index contributed by atoms with van der Waals surface area (Å²) >= 11 is 0. The van der Waals surface area contributed by atoms with Gasteiger partial charge in [-0.3, -0.25) is 9.59 Å². The van der Waals surface area contributed by atoms with E-state index in [1.807, 2.05) is 26.8 Å². The minimum absolute atomic E-state index is 0.0860. The van der Waals surface area contributed by atoms with Gasteiger partial charge in [0, 0.05) is 69.6 Å². The van der Waals surface area contributed by atoms with Crippen LogP contribution >= 0.6 is 0 Å². The number of Topliss-reactive ketones (excluding diaryl/α,β-unsaturated/α-hetero) is 1. The number of hydrogen-bond donors (Lipinski definition) is 3. The summed E-state index contributed by atoms with van der Waals surface area (Å²) in [4.78, 5) is 33.6. The molecule has 4 heterocycles. The smallest absolute Gasteiger partial charge is 0.311 e. The zero-order chi connectivity index (χ0) is 54.7. The van der Waals surface area contributed by atoms with Gasteiger partial charge in [-0.1, -0.05) is 64.1 Å². The highest BCUT2D eigenvalue weighted by Gasteiger charge is 2.53. The van der Waals surface area contributed by atoms with Gasteiger partial charge < -0.3 is 63.0 Å². The average molecular weight is 1050 g/mol. The summed E-state index contributed by atoms with van der Waals surface area (Å²) in [6.45, 7) is 22.3. The number of aliphatic hydroxyl groups is 3. The lowest BCUT2D eigenvalue weighted by Crippen LogP contribution is -2.60. The Labute approximate surface area is 446 Å². The monoisotopic (exact) mass is 1050 g/mol. The number of ether oxygens (including phenoxy) is 8. The van der Waals surface area contributed by atoms with E-state index in [0.29, 0.717) is 13.0 Å². The van der Waals surface area contributed by atoms with Crippen LogP contribution < -0.4 is 9.64 Å². The highest BCUT2D eigenvalue weighted by Crippen LogP contribution is 2.43. The number of fused-ring (bicyclic) bond motifs is 2. The van der Waals surface area contributed by atoms with Gasteiger partial charge in [-0.2, -0.15) is 0 Å². The SMILES string of the molecule is CC[C@H]1OC(=O)[C@H](C)[C@@H](O[C@H]2C[C@@](C)(OC)[C@@H](O)[C@H](C)O2)[C@H](C)[C@@H](O[C@H]2C[C@@H](N(C)CCCOc3ccc4ccc([C@@H](C)N5CCc6ccccc65)cc4c3)C[C@@H](C)O2)[C@](C)(OC)C[C@@H](C)C(=O)[C@H](C)[C@@H](O)[C@]1(C)O. The number of cyclic esters (lactones) is 1. The Balaban J connectivity index is 1.08. The molecule has 7 rings (SSSR count). The number of carbonyl (C=O) groups is 2. The zero-order valence-corrected chi connectivity index (χ0v) is 47.3. The first kappa shape index (κ1) is 58.9. The topological polar surface area (TPSA) is 175 Å². The van der Waals surface area contributed by atoms with Gasteiger partial charge >= 0.3 is 5.97 Å². The molecule has 3 aromatic rings. The summed E-state index contributed by atoms with van der Waals surface area (Å²) in [6, 6.07) is 22.1. The van der Waals surface area contributed by atoms with Crippen molar-refractivity contribution in [3.8, 4) is 5.75 Å². The van der Waals surface area contributed by atoms with Crippen molar-refractivity contribution < 1.29 is 62.8 Å². The van der Waals surface area contributed by atoms with Gasteiger partial charge in [-0.05, 0) is 134 Å². The van der Waals surface area contributed by atoms with Crippen LogP contribution in [0, 0.1) is 23.7 Å². The van der Waals surface area contributed by atoms with Gasteiger partial charge in [0.25, 0.3) is 0 Å². The summed E-state index contributed by atoms with van der Waals surface area (Å²) in [6.07, 6.45) is -4.30. The van der Waals surface area contributed by atoms with Gasteiger partial charge in [0.1, 0.15) is 29.3 Å². The largest absolute Gasteiger partial charge is 0.494 e. The summed E-state index contributed by atoms with van der Waals surface area (Å²) < 4.78 is 51.8. The first-order chi connectivity index (χ1) is 35.4. The van der Waals surface area contributed by atoms with Crippen LogP contribution in [-0.4, -0.2) is 151 Å². The van der Waals surface area contributed by atoms with Crippen LogP contribution in [0.3, 0.4) is 0 Å². The summed E-state index contributed by atoms with van der Waals surface area (Å²) in [7, 11) is 5.24. The number of carbonyl (C=O) groups excluding carboxylic acids is 2. The van der Waals surface area contributed by atoms with E-state index in [2.05, 4.69) is 78.4 Å². The van der Waals surface area contributed by atoms with Crippen LogP contribution in [-0.2, 0) is 49.2 Å². The Morgan fingerprint density at radius 1 is 0.827 bits per heavy atom. The van der Waals surface area contributed by atoms with Crippen LogP contribution in [0.4, 0.5) is 5.69 Å². The fourth-order valence-electron chi connectivity index (χ4n) is 12.7. The maximum atomic E-state index is 14.5. The lowest BCUT2D eigenvalue weighted by molar-refractivity contribution is -0.309. The molecule has 15 nitrogen and oxygen atoms in total. The maximum Gasteiger partial charge on any atom is 0.311 e. The predicted molar refractivity (Wildman–Crippen MR) is 289 cm³/mol. The van der Waals surface area contributed by atoms with Crippen molar-refractivity contribution in [3.05, 3.63) is 71.8 Å². The molecule has 15 heteroatoms. The van der Waals surface area contributed by atoms with E-state index in [9.17, 15) is 24.9 Å². The zero-order valence-electron chi connectivity index (χ0n) is 47.3. The van der Waals surface area contributed by atoms with E-state index >= 15 is 0 Å². The number of esters is 1. The summed E-state index contributed by atoms with van der Waals surface area (Å²) in [5, 5.41) is 36.9. The van der Waals surface area contributed by atoms with Crippen molar-refractivity contribution in [2.24, 2.45) is 23.7 Å². The number of para-hydroxylation sites is 1. The van der Waals surface area contributed by atoms with Crippen molar-refractivity contribution >= 4 is 28.2 Å². The third kappa shape index (κ3) is 12.9. The molecule has 0 bridgehead atoms. The van der Waals surface area contributed by atoms with Crippen LogP contribution in [0.15, 0.2) is 60.7 Å². The van der Waals surface area contributed by atoms with Crippen molar-refractivity contribution in [3.63, 3.8) is 0 Å². The third-order valence-electron chi connectivity index (χ3n) is 17.7. The van der Waals surface area contributed by atoms with Crippen LogP contribution in [0.5, 0.6) is 5.75 Å². The second-order valence-electron chi connectivity index (χ2n) is 23.3. The molecule has 75 heavy (non-hydrogen) atoms. The van der Waals surface area contributed by atoms with E-state index in [4.69, 9.17) is 37.9 Å². The van der Waals surface area contributed by atoms with Crippen molar-refractivity contribution in [2.45, 2.75) is 205 Å². The molecular weight excluding hydrogens is 957 g/mol. The van der Waals surface area contributed by atoms with Crippen LogP contribution in [0.1, 0.15) is 132 Å². The number of aliphatic hydroxyl groups excluding tert-OH is 2. The van der Waals surface area contributed by atoms with Crippen molar-refractivity contribution in [1.29, 1.82) is 0 Å². The van der Waals surface area contributed by atoms with Gasteiger partial charge in [0.15, 0.2) is 12.6 Å². The number of hydrogen-bond acceptors (Lipinski definition) is 15. The molecule has 0 amide bonds. The lowest BCUT2D eigenvalue weighted by Gasteiger charge is -2.49. The molecule has 3 fully saturated rings. The van der Waals surface area contributed by atoms with Gasteiger partial charge in [0.05, 0.1) is 60.3 Å². The summed E-state index contributed by atoms with van der Waals surface area (Å²) in [5.41, 5.74) is -0.172. The van der Waals surface area contributed by atoms with Crippen molar-refractivity contribution in [2.75, 3.05) is 45.9 Å². The third-order valence-corrected chi connectivity index (χ3v) is 17.7. The second-order valence-corrected chi connectivity index (χ2v) is 23.3. The molecule has 3 saturated heterocycles. The van der Waals surface area contributed by atoms with Gasteiger partial charge in [0.2, 0.25) is 0 Å². The number of ketones is 1. The first-order valence-corrected chi connectivity index (χ1v) is 27.7. The normalized spacial score (nSPS) is 37.8. The molecule has 0 radical (unpaired) electrons. The van der Waals surface area contributed by atoms with Crippen molar-refractivity contribution in [1.82, 2.24) is 4.90 Å². The molecule has 0 spiro atoms. The fraction of sp³-hybridized carbons (Fsp3) is 0.700. The molecule has 0 unspecified atom stereocenters. The predicted octanol–water partition coefficient (Wildman–Crippen LogP) is 8.59. The van der Waals surface area contributed by atoms with Gasteiger partial charge in [-0.25, -0.2) is 0 Å². The van der Waals surface area contributed by atoms with E-state index in [-0.39, 0.29) is 43.2 Å². The summed E-state index contributed by atoms with van der Waals surface area (Å²) in [5.74, 6) is -3.41.